The summed E-state index contributed by atoms with van der Waals surface area (Å²) in [5.41, 5.74) is 4.22. The number of nitrogens with zero attached hydrogens (tertiary/aromatic N) is 2. The van der Waals surface area contributed by atoms with Gasteiger partial charge in [-0.25, -0.2) is 4.68 Å². The lowest BCUT2D eigenvalue weighted by Gasteiger charge is -2.10. The van der Waals surface area contributed by atoms with Crippen LogP contribution in [0.25, 0.3) is 5.69 Å². The van der Waals surface area contributed by atoms with E-state index in [1.807, 2.05) is 59.5 Å². The van der Waals surface area contributed by atoms with E-state index in [-0.39, 0.29) is 5.91 Å². The molecule has 0 saturated heterocycles. The van der Waals surface area contributed by atoms with Crippen molar-refractivity contribution in [3.8, 4) is 5.69 Å². The molecule has 4 nitrogen and oxygen atoms in total. The minimum Gasteiger partial charge on any atom is -0.326 e. The molecule has 0 aliphatic rings. The van der Waals surface area contributed by atoms with Gasteiger partial charge in [0.15, 0.2) is 0 Å². The van der Waals surface area contributed by atoms with Crippen molar-refractivity contribution in [3.05, 3.63) is 78.1 Å². The van der Waals surface area contributed by atoms with Crippen LogP contribution in [0.4, 0.5) is 5.69 Å². The van der Waals surface area contributed by atoms with Crippen molar-refractivity contribution in [2.75, 3.05) is 5.32 Å². The summed E-state index contributed by atoms with van der Waals surface area (Å²) in [7, 11) is 0. The Hall–Kier alpha value is -2.88. The lowest BCUT2D eigenvalue weighted by molar-refractivity contribution is -0.116. The molecule has 26 heavy (non-hydrogen) atoms. The maximum atomic E-state index is 12.2. The first-order valence-electron chi connectivity index (χ1n) is 9.14. The van der Waals surface area contributed by atoms with Crippen LogP contribution >= 0.6 is 0 Å². The predicted molar refractivity (Wildman–Crippen MR) is 106 cm³/mol. The fourth-order valence-corrected chi connectivity index (χ4v) is 2.82. The molecule has 1 heterocycles. The number of hydrogen-bond donors (Lipinski definition) is 1. The van der Waals surface area contributed by atoms with Crippen LogP contribution in [0, 0.1) is 0 Å². The molecule has 1 atom stereocenters. The second kappa shape index (κ2) is 8.48. The van der Waals surface area contributed by atoms with Crippen LogP contribution in [-0.4, -0.2) is 15.7 Å². The van der Waals surface area contributed by atoms with Crippen molar-refractivity contribution in [2.24, 2.45) is 0 Å². The highest BCUT2D eigenvalue weighted by Crippen LogP contribution is 2.20. The second-order valence-electron chi connectivity index (χ2n) is 6.61. The van der Waals surface area contributed by atoms with Gasteiger partial charge in [-0.3, -0.25) is 4.79 Å². The van der Waals surface area contributed by atoms with E-state index in [4.69, 9.17) is 0 Å². The molecule has 0 bridgehead atoms. The van der Waals surface area contributed by atoms with E-state index in [1.165, 1.54) is 5.56 Å². The van der Waals surface area contributed by atoms with E-state index in [1.54, 1.807) is 0 Å². The minimum atomic E-state index is 0.0220. The zero-order valence-electron chi connectivity index (χ0n) is 15.4. The van der Waals surface area contributed by atoms with Crippen LogP contribution in [0.5, 0.6) is 0 Å². The van der Waals surface area contributed by atoms with Gasteiger partial charge in [0.2, 0.25) is 5.91 Å². The van der Waals surface area contributed by atoms with Crippen molar-refractivity contribution in [1.29, 1.82) is 0 Å². The summed E-state index contributed by atoms with van der Waals surface area (Å²) < 4.78 is 1.83. The first-order valence-corrected chi connectivity index (χ1v) is 9.14. The first kappa shape index (κ1) is 17.9. The molecule has 0 fully saturated rings. The number of aromatic nitrogens is 2. The van der Waals surface area contributed by atoms with Crippen molar-refractivity contribution >= 4 is 11.6 Å². The Morgan fingerprint density at radius 3 is 2.54 bits per heavy atom. The summed E-state index contributed by atoms with van der Waals surface area (Å²) in [6.07, 6.45) is 6.02. The summed E-state index contributed by atoms with van der Waals surface area (Å²) in [5.74, 6) is 0.564. The van der Waals surface area contributed by atoms with Crippen LogP contribution in [0.15, 0.2) is 67.0 Å². The van der Waals surface area contributed by atoms with Gasteiger partial charge in [-0.1, -0.05) is 44.2 Å². The molecular weight excluding hydrogens is 322 g/mol. The fourth-order valence-electron chi connectivity index (χ4n) is 2.82. The Morgan fingerprint density at radius 1 is 1.12 bits per heavy atom. The average molecular weight is 347 g/mol. The maximum absolute atomic E-state index is 12.2. The lowest BCUT2D eigenvalue weighted by Crippen LogP contribution is -2.12. The maximum Gasteiger partial charge on any atom is 0.224 e. The normalized spacial score (nSPS) is 11.9. The quantitative estimate of drug-likeness (QED) is 0.657. The number of carbonyl (C=O) groups excluding carboxylic acids is 1. The van der Waals surface area contributed by atoms with Gasteiger partial charge < -0.3 is 5.32 Å². The predicted octanol–water partition coefficient (Wildman–Crippen LogP) is 4.96. The summed E-state index contributed by atoms with van der Waals surface area (Å²) in [6.45, 7) is 4.39. The van der Waals surface area contributed by atoms with E-state index >= 15 is 0 Å². The van der Waals surface area contributed by atoms with Gasteiger partial charge in [-0.05, 0) is 54.2 Å². The van der Waals surface area contributed by atoms with E-state index in [0.717, 1.165) is 23.4 Å². The molecule has 2 aromatic carbocycles. The largest absolute Gasteiger partial charge is 0.326 e. The van der Waals surface area contributed by atoms with Crippen molar-refractivity contribution in [2.45, 2.75) is 39.0 Å². The van der Waals surface area contributed by atoms with Gasteiger partial charge in [-0.2, -0.15) is 5.10 Å². The van der Waals surface area contributed by atoms with Crippen LogP contribution in [-0.2, 0) is 11.2 Å². The van der Waals surface area contributed by atoms with Gasteiger partial charge in [0.1, 0.15) is 0 Å². The molecule has 0 spiro atoms. The third-order valence-electron chi connectivity index (χ3n) is 4.67. The second-order valence-corrected chi connectivity index (χ2v) is 6.61. The minimum absolute atomic E-state index is 0.0220. The number of anilines is 1. The summed E-state index contributed by atoms with van der Waals surface area (Å²) >= 11 is 0. The van der Waals surface area contributed by atoms with E-state index < -0.39 is 0 Å². The standard InChI is InChI=1S/C22H25N3O/c1-3-17(2)19-10-12-20(13-11-19)24-22(26)14-9-18-15-23-25(16-18)21-7-5-4-6-8-21/h4-8,10-13,15-17H,3,9,14H2,1-2H3,(H,24,26). The van der Waals surface area contributed by atoms with E-state index in [9.17, 15) is 4.79 Å². The molecule has 134 valence electrons. The van der Waals surface area contributed by atoms with E-state index in [2.05, 4.69) is 36.4 Å². The molecule has 1 aromatic heterocycles. The summed E-state index contributed by atoms with van der Waals surface area (Å²) in [4.78, 5) is 12.2. The number of aryl methyl sites for hydroxylation is 1. The Labute approximate surface area is 154 Å². The third-order valence-corrected chi connectivity index (χ3v) is 4.67. The molecular formula is C22H25N3O. The van der Waals surface area contributed by atoms with Gasteiger partial charge in [0.05, 0.1) is 11.9 Å². The number of rotatable bonds is 7. The lowest BCUT2D eigenvalue weighted by atomic mass is 9.99. The number of carbonyl (C=O) groups is 1. The molecule has 0 saturated carbocycles. The molecule has 1 unspecified atom stereocenters. The monoisotopic (exact) mass is 347 g/mol. The van der Waals surface area contributed by atoms with Gasteiger partial charge >= 0.3 is 0 Å². The van der Waals surface area contributed by atoms with Crippen molar-refractivity contribution in [3.63, 3.8) is 0 Å². The Bertz CT molecular complexity index is 837. The smallest absolute Gasteiger partial charge is 0.224 e. The van der Waals surface area contributed by atoms with Gasteiger partial charge in [-0.15, -0.1) is 0 Å². The molecule has 3 rings (SSSR count). The van der Waals surface area contributed by atoms with Crippen molar-refractivity contribution in [1.82, 2.24) is 9.78 Å². The van der Waals surface area contributed by atoms with Crippen LogP contribution in [0.3, 0.4) is 0 Å². The number of nitrogens with one attached hydrogen (secondary N) is 1. The number of para-hydroxylation sites is 1. The molecule has 1 N–H and O–H groups in total. The fraction of sp³-hybridized carbons (Fsp3) is 0.273. The number of hydrogen-bond acceptors (Lipinski definition) is 2. The summed E-state index contributed by atoms with van der Waals surface area (Å²) in [6, 6.07) is 18.1. The molecule has 3 aromatic rings. The van der Waals surface area contributed by atoms with Crippen LogP contribution < -0.4 is 5.32 Å². The summed E-state index contributed by atoms with van der Waals surface area (Å²) in [5, 5.41) is 7.34. The zero-order valence-corrected chi connectivity index (χ0v) is 15.4. The highest BCUT2D eigenvalue weighted by atomic mass is 16.1. The zero-order chi connectivity index (χ0) is 18.4. The number of amides is 1. The topological polar surface area (TPSA) is 46.9 Å². The van der Waals surface area contributed by atoms with E-state index in [0.29, 0.717) is 18.8 Å². The number of benzene rings is 2. The highest BCUT2D eigenvalue weighted by Gasteiger charge is 2.07. The van der Waals surface area contributed by atoms with Gasteiger partial charge in [0, 0.05) is 18.3 Å². The Kier molecular flexibility index (Phi) is 5.84. The average Bonchev–Trinajstić information content (AvgIpc) is 3.16. The van der Waals surface area contributed by atoms with Crippen LogP contribution in [0.1, 0.15) is 43.7 Å². The van der Waals surface area contributed by atoms with Crippen molar-refractivity contribution < 1.29 is 4.79 Å². The molecule has 0 radical (unpaired) electrons. The third kappa shape index (κ3) is 4.60. The molecule has 4 heteroatoms. The molecule has 0 aliphatic carbocycles. The molecule has 0 aliphatic heterocycles. The Morgan fingerprint density at radius 2 is 1.85 bits per heavy atom. The SMILES string of the molecule is CCC(C)c1ccc(NC(=O)CCc2cnn(-c3ccccc3)c2)cc1. The Balaban J connectivity index is 1.52. The first-order chi connectivity index (χ1) is 12.7. The highest BCUT2D eigenvalue weighted by molar-refractivity contribution is 5.90. The molecule has 1 amide bonds. The van der Waals surface area contributed by atoms with Crippen LogP contribution in [0.2, 0.25) is 0 Å². The van der Waals surface area contributed by atoms with Gasteiger partial charge in [0.25, 0.3) is 0 Å².